The van der Waals surface area contributed by atoms with Gasteiger partial charge in [-0.3, -0.25) is 4.79 Å². The van der Waals surface area contributed by atoms with E-state index in [1.54, 1.807) is 28.0 Å². The second-order valence-electron chi connectivity index (χ2n) is 6.88. The summed E-state index contributed by atoms with van der Waals surface area (Å²) in [6.45, 7) is 0. The molecule has 5 aromatic rings. The minimum absolute atomic E-state index is 0.165. The molecular weight excluding hydrogens is 392 g/mol. The van der Waals surface area contributed by atoms with Crippen molar-refractivity contribution in [1.82, 2.24) is 14.8 Å². The molecule has 0 aliphatic heterocycles. The number of carbonyl (C=O) groups is 1. The van der Waals surface area contributed by atoms with Crippen LogP contribution in [0.3, 0.4) is 0 Å². The fraction of sp³-hybridized carbons (Fsp3) is 0.0417. The van der Waals surface area contributed by atoms with Gasteiger partial charge in [0.15, 0.2) is 5.82 Å². The number of hydrogen-bond donors (Lipinski definition) is 0. The Morgan fingerprint density at radius 2 is 1.67 bits per heavy atom. The van der Waals surface area contributed by atoms with E-state index >= 15 is 0 Å². The van der Waals surface area contributed by atoms with Crippen molar-refractivity contribution < 1.29 is 4.79 Å². The van der Waals surface area contributed by atoms with Crippen molar-refractivity contribution in [3.8, 4) is 16.4 Å². The Morgan fingerprint density at radius 1 is 0.900 bits per heavy atom. The molecule has 5 nitrogen and oxygen atoms in total. The third kappa shape index (κ3) is 3.27. The van der Waals surface area contributed by atoms with Crippen LogP contribution in [0, 0.1) is 0 Å². The van der Waals surface area contributed by atoms with Crippen molar-refractivity contribution in [1.29, 1.82) is 0 Å². The van der Waals surface area contributed by atoms with Gasteiger partial charge in [-0.15, -0.1) is 16.4 Å². The van der Waals surface area contributed by atoms with Crippen molar-refractivity contribution >= 4 is 33.7 Å². The van der Waals surface area contributed by atoms with Crippen LogP contribution in [0.2, 0.25) is 0 Å². The average Bonchev–Trinajstić information content (AvgIpc) is 3.48. The molecular formula is C24H18N4OS. The summed E-state index contributed by atoms with van der Waals surface area (Å²) in [5.41, 5.74) is 1.66. The molecule has 2 heterocycles. The van der Waals surface area contributed by atoms with E-state index < -0.39 is 0 Å². The molecule has 0 saturated heterocycles. The summed E-state index contributed by atoms with van der Waals surface area (Å²) in [6, 6.07) is 27.7. The number of rotatable bonds is 4. The van der Waals surface area contributed by atoms with E-state index in [1.807, 2.05) is 84.2 Å². The standard InChI is InChI=1S/C24H18N4OS/c1-27(20-14-13-17-8-5-6-9-18(17)16-20)24(29)22-25-23(21-12-7-15-30-21)28(26-22)19-10-3-2-4-11-19/h2-16H,1H3. The van der Waals surface area contributed by atoms with Crippen LogP contribution in [0.25, 0.3) is 27.2 Å². The molecule has 0 aliphatic rings. The van der Waals surface area contributed by atoms with Gasteiger partial charge < -0.3 is 4.90 Å². The van der Waals surface area contributed by atoms with Gasteiger partial charge in [0.1, 0.15) is 0 Å². The highest BCUT2D eigenvalue weighted by Gasteiger charge is 2.23. The quantitative estimate of drug-likeness (QED) is 0.397. The molecule has 0 fully saturated rings. The van der Waals surface area contributed by atoms with Gasteiger partial charge in [-0.1, -0.05) is 54.6 Å². The Labute approximate surface area is 177 Å². The maximum Gasteiger partial charge on any atom is 0.297 e. The minimum atomic E-state index is -0.252. The van der Waals surface area contributed by atoms with Crippen LogP contribution in [0.15, 0.2) is 90.3 Å². The molecule has 30 heavy (non-hydrogen) atoms. The molecule has 0 N–H and O–H groups in total. The van der Waals surface area contributed by atoms with E-state index in [4.69, 9.17) is 0 Å². The van der Waals surface area contributed by atoms with E-state index in [0.717, 1.165) is 27.0 Å². The van der Waals surface area contributed by atoms with Crippen molar-refractivity contribution in [2.45, 2.75) is 0 Å². The highest BCUT2D eigenvalue weighted by molar-refractivity contribution is 7.13. The van der Waals surface area contributed by atoms with Crippen LogP contribution in [-0.4, -0.2) is 27.7 Å². The third-order valence-electron chi connectivity index (χ3n) is 4.97. The lowest BCUT2D eigenvalue weighted by atomic mass is 10.1. The smallest absolute Gasteiger partial charge is 0.297 e. The van der Waals surface area contributed by atoms with Gasteiger partial charge in [-0.25, -0.2) is 9.67 Å². The number of benzene rings is 3. The maximum atomic E-state index is 13.2. The third-order valence-corrected chi connectivity index (χ3v) is 5.83. The van der Waals surface area contributed by atoms with Crippen LogP contribution in [-0.2, 0) is 0 Å². The van der Waals surface area contributed by atoms with E-state index in [9.17, 15) is 4.79 Å². The first kappa shape index (κ1) is 18.3. The zero-order valence-electron chi connectivity index (χ0n) is 16.3. The van der Waals surface area contributed by atoms with Gasteiger partial charge in [0, 0.05) is 12.7 Å². The summed E-state index contributed by atoms with van der Waals surface area (Å²) in [4.78, 5) is 20.4. The number of amides is 1. The van der Waals surface area contributed by atoms with Crippen LogP contribution in [0.5, 0.6) is 0 Å². The molecule has 0 aliphatic carbocycles. The second kappa shape index (κ2) is 7.57. The number of aromatic nitrogens is 3. The highest BCUT2D eigenvalue weighted by atomic mass is 32.1. The first-order valence-corrected chi connectivity index (χ1v) is 10.4. The lowest BCUT2D eigenvalue weighted by molar-refractivity contribution is 0.0983. The molecule has 6 heteroatoms. The number of fused-ring (bicyclic) bond motifs is 1. The van der Waals surface area contributed by atoms with Crippen LogP contribution < -0.4 is 4.90 Å². The van der Waals surface area contributed by atoms with Crippen molar-refractivity contribution in [2.24, 2.45) is 0 Å². The fourth-order valence-corrected chi connectivity index (χ4v) is 4.07. The lowest BCUT2D eigenvalue weighted by Gasteiger charge is -2.16. The zero-order valence-corrected chi connectivity index (χ0v) is 17.1. The van der Waals surface area contributed by atoms with E-state index in [-0.39, 0.29) is 11.7 Å². The highest BCUT2D eigenvalue weighted by Crippen LogP contribution is 2.27. The molecule has 3 aromatic carbocycles. The molecule has 2 aromatic heterocycles. The lowest BCUT2D eigenvalue weighted by Crippen LogP contribution is -2.27. The monoisotopic (exact) mass is 410 g/mol. The zero-order chi connectivity index (χ0) is 20.5. The number of hydrogen-bond acceptors (Lipinski definition) is 4. The normalized spacial score (nSPS) is 11.0. The maximum absolute atomic E-state index is 13.2. The van der Waals surface area contributed by atoms with E-state index in [2.05, 4.69) is 16.1 Å². The molecule has 1 amide bonds. The van der Waals surface area contributed by atoms with Gasteiger partial charge in [-0.05, 0) is 46.5 Å². The molecule has 0 bridgehead atoms. The van der Waals surface area contributed by atoms with Crippen LogP contribution >= 0.6 is 11.3 Å². The molecule has 146 valence electrons. The largest absolute Gasteiger partial charge is 0.309 e. The summed E-state index contributed by atoms with van der Waals surface area (Å²) < 4.78 is 1.73. The van der Waals surface area contributed by atoms with E-state index in [1.165, 1.54) is 0 Å². The van der Waals surface area contributed by atoms with Crippen molar-refractivity contribution in [3.63, 3.8) is 0 Å². The number of para-hydroxylation sites is 1. The first-order valence-electron chi connectivity index (χ1n) is 9.54. The topological polar surface area (TPSA) is 51.0 Å². The average molecular weight is 411 g/mol. The Bertz CT molecular complexity index is 1330. The Morgan fingerprint density at radius 3 is 2.43 bits per heavy atom. The van der Waals surface area contributed by atoms with Gasteiger partial charge in [-0.2, -0.15) is 0 Å². The molecule has 0 spiro atoms. The summed E-state index contributed by atoms with van der Waals surface area (Å²) in [5, 5.41) is 8.77. The van der Waals surface area contributed by atoms with Crippen LogP contribution in [0.1, 0.15) is 10.6 Å². The van der Waals surface area contributed by atoms with Gasteiger partial charge in [0.2, 0.25) is 5.82 Å². The molecule has 0 atom stereocenters. The predicted molar refractivity (Wildman–Crippen MR) is 121 cm³/mol. The predicted octanol–water partition coefficient (Wildman–Crippen LogP) is 5.43. The number of carbonyl (C=O) groups excluding carboxylic acids is 1. The van der Waals surface area contributed by atoms with E-state index in [0.29, 0.717) is 5.82 Å². The summed E-state index contributed by atoms with van der Waals surface area (Å²) in [6.07, 6.45) is 0. The minimum Gasteiger partial charge on any atom is -0.309 e. The van der Waals surface area contributed by atoms with Gasteiger partial charge in [0.05, 0.1) is 10.6 Å². The van der Waals surface area contributed by atoms with Crippen molar-refractivity contribution in [3.05, 3.63) is 96.1 Å². The first-order chi connectivity index (χ1) is 14.7. The summed E-state index contributed by atoms with van der Waals surface area (Å²) in [5.74, 6) is 0.571. The summed E-state index contributed by atoms with van der Waals surface area (Å²) >= 11 is 1.57. The number of nitrogens with zero attached hydrogens (tertiary/aromatic N) is 4. The molecule has 0 unspecified atom stereocenters. The molecule has 0 radical (unpaired) electrons. The second-order valence-corrected chi connectivity index (χ2v) is 7.83. The number of thiophene rings is 1. The Kier molecular flexibility index (Phi) is 4.61. The van der Waals surface area contributed by atoms with Gasteiger partial charge >= 0.3 is 0 Å². The fourth-order valence-electron chi connectivity index (χ4n) is 3.37. The summed E-state index contributed by atoms with van der Waals surface area (Å²) in [7, 11) is 1.75. The van der Waals surface area contributed by atoms with Crippen LogP contribution in [0.4, 0.5) is 5.69 Å². The number of anilines is 1. The van der Waals surface area contributed by atoms with Crippen molar-refractivity contribution in [2.75, 3.05) is 11.9 Å². The Hall–Kier alpha value is -3.77. The molecule has 0 saturated carbocycles. The van der Waals surface area contributed by atoms with Gasteiger partial charge in [0.25, 0.3) is 5.91 Å². The molecule has 5 rings (SSSR count). The Balaban J connectivity index is 1.55. The SMILES string of the molecule is CN(C(=O)c1nc(-c2cccs2)n(-c2ccccc2)n1)c1ccc2ccccc2c1.